The standard InChI is InChI=1S/C17H20N4/c1-12(13-5-4-8-19-11-13)20-17-9-14(10-18)15-6-2-3-7-16(15)21-17/h2-3,6-7,9,12-13,19H,4-5,8,11H2,1H3,(H,20,21). The minimum absolute atomic E-state index is 0.345. The van der Waals surface area contributed by atoms with E-state index in [2.05, 4.69) is 28.6 Å². The number of hydrogen-bond acceptors (Lipinski definition) is 4. The lowest BCUT2D eigenvalue weighted by Crippen LogP contribution is -2.38. The van der Waals surface area contributed by atoms with E-state index in [-0.39, 0.29) is 0 Å². The number of fused-ring (bicyclic) bond motifs is 1. The summed E-state index contributed by atoms with van der Waals surface area (Å²) in [6.07, 6.45) is 2.46. The Kier molecular flexibility index (Phi) is 4.03. The third kappa shape index (κ3) is 2.98. The number of hydrogen-bond donors (Lipinski definition) is 2. The number of nitrogens with zero attached hydrogens (tertiary/aromatic N) is 2. The molecule has 3 rings (SSSR count). The van der Waals surface area contributed by atoms with E-state index in [1.165, 1.54) is 12.8 Å². The third-order valence-corrected chi connectivity index (χ3v) is 4.25. The molecule has 1 aromatic carbocycles. The second-order valence-corrected chi connectivity index (χ2v) is 5.72. The van der Waals surface area contributed by atoms with Gasteiger partial charge in [-0.05, 0) is 50.9 Å². The summed E-state index contributed by atoms with van der Waals surface area (Å²) in [6.45, 7) is 4.36. The monoisotopic (exact) mass is 280 g/mol. The summed E-state index contributed by atoms with van der Waals surface area (Å²) < 4.78 is 0. The summed E-state index contributed by atoms with van der Waals surface area (Å²) in [4.78, 5) is 4.64. The van der Waals surface area contributed by atoms with Gasteiger partial charge in [0.1, 0.15) is 5.82 Å². The highest BCUT2D eigenvalue weighted by atomic mass is 15.0. The van der Waals surface area contributed by atoms with Crippen LogP contribution in [0.2, 0.25) is 0 Å². The average molecular weight is 280 g/mol. The van der Waals surface area contributed by atoms with Crippen LogP contribution in [0.15, 0.2) is 30.3 Å². The molecule has 1 aliphatic rings. The fraction of sp³-hybridized carbons (Fsp3) is 0.412. The molecular weight excluding hydrogens is 260 g/mol. The molecule has 1 aromatic heterocycles. The van der Waals surface area contributed by atoms with Crippen LogP contribution < -0.4 is 10.6 Å². The first-order valence-electron chi connectivity index (χ1n) is 7.55. The van der Waals surface area contributed by atoms with Crippen molar-refractivity contribution >= 4 is 16.7 Å². The van der Waals surface area contributed by atoms with Gasteiger partial charge in [0.15, 0.2) is 0 Å². The first-order chi connectivity index (χ1) is 10.3. The summed E-state index contributed by atoms with van der Waals surface area (Å²) in [5.41, 5.74) is 1.55. The van der Waals surface area contributed by atoms with Crippen LogP contribution in [0.25, 0.3) is 10.9 Å². The Balaban J connectivity index is 1.85. The zero-order valence-corrected chi connectivity index (χ0v) is 12.3. The van der Waals surface area contributed by atoms with E-state index >= 15 is 0 Å². The third-order valence-electron chi connectivity index (χ3n) is 4.25. The highest BCUT2D eigenvalue weighted by molar-refractivity contribution is 5.86. The Morgan fingerprint density at radius 1 is 1.43 bits per heavy atom. The van der Waals surface area contributed by atoms with E-state index in [9.17, 15) is 5.26 Å². The minimum atomic E-state index is 0.345. The number of aromatic nitrogens is 1. The fourth-order valence-corrected chi connectivity index (χ4v) is 3.00. The highest BCUT2D eigenvalue weighted by Crippen LogP contribution is 2.22. The maximum atomic E-state index is 9.33. The van der Waals surface area contributed by atoms with Gasteiger partial charge in [0.2, 0.25) is 0 Å². The molecule has 0 saturated carbocycles. The van der Waals surface area contributed by atoms with Crippen LogP contribution >= 0.6 is 0 Å². The zero-order valence-electron chi connectivity index (χ0n) is 12.3. The van der Waals surface area contributed by atoms with E-state index in [4.69, 9.17) is 0 Å². The molecule has 2 unspecified atom stereocenters. The van der Waals surface area contributed by atoms with Crippen LogP contribution in [0.5, 0.6) is 0 Å². The predicted molar refractivity (Wildman–Crippen MR) is 85.1 cm³/mol. The zero-order chi connectivity index (χ0) is 14.7. The van der Waals surface area contributed by atoms with Gasteiger partial charge in [-0.2, -0.15) is 5.26 Å². The van der Waals surface area contributed by atoms with Crippen molar-refractivity contribution in [1.82, 2.24) is 10.3 Å². The van der Waals surface area contributed by atoms with Crippen molar-refractivity contribution in [1.29, 1.82) is 5.26 Å². The first-order valence-corrected chi connectivity index (χ1v) is 7.55. The maximum absolute atomic E-state index is 9.33. The summed E-state index contributed by atoms with van der Waals surface area (Å²) in [5, 5.41) is 17.2. The molecule has 0 amide bonds. The smallest absolute Gasteiger partial charge is 0.128 e. The van der Waals surface area contributed by atoms with E-state index < -0.39 is 0 Å². The quantitative estimate of drug-likeness (QED) is 0.907. The van der Waals surface area contributed by atoms with Gasteiger partial charge >= 0.3 is 0 Å². The van der Waals surface area contributed by atoms with E-state index in [1.807, 2.05) is 30.3 Å². The highest BCUT2D eigenvalue weighted by Gasteiger charge is 2.20. The van der Waals surface area contributed by atoms with Gasteiger partial charge in [-0.25, -0.2) is 4.98 Å². The number of pyridine rings is 1. The Hall–Kier alpha value is -2.12. The van der Waals surface area contributed by atoms with Crippen molar-refractivity contribution in [2.45, 2.75) is 25.8 Å². The average Bonchev–Trinajstić information content (AvgIpc) is 2.55. The Bertz CT molecular complexity index is 668. The molecule has 1 fully saturated rings. The minimum Gasteiger partial charge on any atom is -0.367 e. The van der Waals surface area contributed by atoms with Gasteiger partial charge in [0.25, 0.3) is 0 Å². The molecule has 2 aromatic rings. The fourth-order valence-electron chi connectivity index (χ4n) is 3.00. The van der Waals surface area contributed by atoms with Gasteiger partial charge in [-0.1, -0.05) is 18.2 Å². The molecule has 0 bridgehead atoms. The summed E-state index contributed by atoms with van der Waals surface area (Å²) in [7, 11) is 0. The molecule has 0 spiro atoms. The van der Waals surface area contributed by atoms with Crippen LogP contribution in [0.3, 0.4) is 0 Å². The van der Waals surface area contributed by atoms with Crippen LogP contribution in [-0.2, 0) is 0 Å². The van der Waals surface area contributed by atoms with E-state index in [0.29, 0.717) is 17.5 Å². The van der Waals surface area contributed by atoms with Gasteiger partial charge < -0.3 is 10.6 Å². The number of piperidine rings is 1. The van der Waals surface area contributed by atoms with Crippen molar-refractivity contribution in [3.05, 3.63) is 35.9 Å². The van der Waals surface area contributed by atoms with Gasteiger partial charge in [0, 0.05) is 11.4 Å². The van der Waals surface area contributed by atoms with Crippen molar-refractivity contribution < 1.29 is 0 Å². The topological polar surface area (TPSA) is 60.7 Å². The largest absolute Gasteiger partial charge is 0.367 e. The number of nitriles is 1. The number of rotatable bonds is 3. The lowest BCUT2D eigenvalue weighted by molar-refractivity contribution is 0.346. The molecule has 4 nitrogen and oxygen atoms in total. The Labute approximate surface area is 125 Å². The molecular formula is C17H20N4. The van der Waals surface area contributed by atoms with E-state index in [1.54, 1.807) is 0 Å². The van der Waals surface area contributed by atoms with E-state index in [0.717, 1.165) is 29.8 Å². The molecule has 108 valence electrons. The summed E-state index contributed by atoms with van der Waals surface area (Å²) in [5.74, 6) is 1.40. The molecule has 0 aliphatic carbocycles. The van der Waals surface area contributed by atoms with Crippen LogP contribution in [0.4, 0.5) is 5.82 Å². The molecule has 1 aliphatic heterocycles. The molecule has 2 atom stereocenters. The molecule has 21 heavy (non-hydrogen) atoms. The second kappa shape index (κ2) is 6.11. The first kappa shape index (κ1) is 13.8. The predicted octanol–water partition coefficient (Wildman–Crippen LogP) is 2.91. The SMILES string of the molecule is CC(Nc1cc(C#N)c2ccccc2n1)C1CCCNC1. The normalized spacial score (nSPS) is 19.9. The summed E-state index contributed by atoms with van der Waals surface area (Å²) in [6, 6.07) is 12.3. The van der Waals surface area contributed by atoms with Crippen molar-refractivity contribution in [3.8, 4) is 6.07 Å². The van der Waals surface area contributed by atoms with Crippen molar-refractivity contribution in [3.63, 3.8) is 0 Å². The Morgan fingerprint density at radius 2 is 2.29 bits per heavy atom. The van der Waals surface area contributed by atoms with Crippen molar-refractivity contribution in [2.75, 3.05) is 18.4 Å². The molecule has 0 radical (unpaired) electrons. The van der Waals surface area contributed by atoms with Crippen LogP contribution in [-0.4, -0.2) is 24.1 Å². The molecule has 2 N–H and O–H groups in total. The maximum Gasteiger partial charge on any atom is 0.128 e. The molecule has 1 saturated heterocycles. The van der Waals surface area contributed by atoms with Crippen LogP contribution in [0, 0.1) is 17.2 Å². The lowest BCUT2D eigenvalue weighted by atomic mass is 9.93. The second-order valence-electron chi connectivity index (χ2n) is 5.72. The van der Waals surface area contributed by atoms with Gasteiger partial charge in [0.05, 0.1) is 17.1 Å². The number of para-hydroxylation sites is 1. The van der Waals surface area contributed by atoms with Crippen LogP contribution in [0.1, 0.15) is 25.3 Å². The molecule has 2 heterocycles. The molecule has 4 heteroatoms. The number of anilines is 1. The van der Waals surface area contributed by atoms with Crippen molar-refractivity contribution in [2.24, 2.45) is 5.92 Å². The lowest BCUT2D eigenvalue weighted by Gasteiger charge is -2.29. The Morgan fingerprint density at radius 3 is 3.05 bits per heavy atom. The van der Waals surface area contributed by atoms with Gasteiger partial charge in [-0.3, -0.25) is 0 Å². The van der Waals surface area contributed by atoms with Gasteiger partial charge in [-0.15, -0.1) is 0 Å². The number of benzene rings is 1. The number of nitrogens with one attached hydrogen (secondary N) is 2. The summed E-state index contributed by atoms with van der Waals surface area (Å²) >= 11 is 0.